The number of thioether (sulfide) groups is 2. The lowest BCUT2D eigenvalue weighted by atomic mass is 9.82. The molecule has 5 rings (SSSR count). The molecule has 0 nitrogen and oxygen atoms in total. The van der Waals surface area contributed by atoms with Crippen LogP contribution in [0.3, 0.4) is 0 Å². The van der Waals surface area contributed by atoms with Crippen LogP contribution in [0.25, 0.3) is 0 Å². The van der Waals surface area contributed by atoms with E-state index in [4.69, 9.17) is 0 Å². The lowest BCUT2D eigenvalue weighted by Crippen LogP contribution is -2.41. The van der Waals surface area contributed by atoms with Crippen LogP contribution in [-0.2, 0) is 0 Å². The summed E-state index contributed by atoms with van der Waals surface area (Å²) in [7, 11) is 0. The maximum absolute atomic E-state index is 2.40. The van der Waals surface area contributed by atoms with Crippen molar-refractivity contribution in [2.75, 3.05) is 0 Å². The van der Waals surface area contributed by atoms with Crippen LogP contribution in [-0.4, -0.2) is 21.0 Å². The first kappa shape index (κ1) is 9.70. The predicted molar refractivity (Wildman–Crippen MR) is 69.6 cm³/mol. The molecule has 2 saturated carbocycles. The second-order valence-electron chi connectivity index (χ2n) is 5.93. The predicted octanol–water partition coefficient (Wildman–Crippen LogP) is 3.94. The molecule has 2 heteroatoms. The van der Waals surface area contributed by atoms with Gasteiger partial charge in [-0.2, -0.15) is 23.5 Å². The Morgan fingerprint density at radius 2 is 1.20 bits per heavy atom. The van der Waals surface area contributed by atoms with E-state index >= 15 is 0 Å². The first-order valence-corrected chi connectivity index (χ1v) is 8.59. The molecule has 5 fully saturated rings. The highest BCUT2D eigenvalue weighted by Crippen LogP contribution is 2.58. The Morgan fingerprint density at radius 3 is 1.73 bits per heavy atom. The molecule has 4 unspecified atom stereocenters. The van der Waals surface area contributed by atoms with Gasteiger partial charge in [0.2, 0.25) is 0 Å². The van der Waals surface area contributed by atoms with Gasteiger partial charge in [0.1, 0.15) is 0 Å². The van der Waals surface area contributed by atoms with Crippen molar-refractivity contribution in [3.05, 3.63) is 0 Å². The van der Waals surface area contributed by atoms with E-state index < -0.39 is 0 Å². The molecule has 84 valence electrons. The van der Waals surface area contributed by atoms with Gasteiger partial charge in [0.15, 0.2) is 0 Å². The zero-order valence-corrected chi connectivity index (χ0v) is 10.9. The Hall–Kier alpha value is 0.700. The summed E-state index contributed by atoms with van der Waals surface area (Å²) in [5.41, 5.74) is 0. The van der Waals surface area contributed by atoms with E-state index in [0.29, 0.717) is 0 Å². The van der Waals surface area contributed by atoms with E-state index in [0.717, 1.165) is 32.8 Å². The van der Waals surface area contributed by atoms with Gasteiger partial charge in [-0.15, -0.1) is 0 Å². The molecule has 0 radical (unpaired) electrons. The average molecular weight is 240 g/mol. The fourth-order valence-corrected chi connectivity index (χ4v) is 8.47. The lowest BCUT2D eigenvalue weighted by Gasteiger charge is -2.46. The largest absolute Gasteiger partial charge is 0.154 e. The van der Waals surface area contributed by atoms with Gasteiger partial charge in [-0.05, 0) is 56.8 Å². The van der Waals surface area contributed by atoms with Crippen molar-refractivity contribution < 1.29 is 0 Å². The van der Waals surface area contributed by atoms with Gasteiger partial charge in [-0.3, -0.25) is 0 Å². The molecule has 4 bridgehead atoms. The Morgan fingerprint density at radius 1 is 0.600 bits per heavy atom. The van der Waals surface area contributed by atoms with Crippen molar-refractivity contribution in [2.45, 2.75) is 65.9 Å². The maximum Gasteiger partial charge on any atom is 0.0200 e. The molecule has 4 atom stereocenters. The highest BCUT2D eigenvalue weighted by Gasteiger charge is 2.49. The van der Waals surface area contributed by atoms with E-state index in [1.54, 1.807) is 25.7 Å². The van der Waals surface area contributed by atoms with Crippen molar-refractivity contribution >= 4 is 23.5 Å². The Bertz CT molecular complexity index is 257. The van der Waals surface area contributed by atoms with E-state index in [2.05, 4.69) is 23.5 Å². The van der Waals surface area contributed by atoms with E-state index in [1.165, 1.54) is 19.3 Å². The first-order valence-electron chi connectivity index (χ1n) is 6.71. The topological polar surface area (TPSA) is 0 Å². The number of hydrogen-bond donors (Lipinski definition) is 0. The number of rotatable bonds is 1. The van der Waals surface area contributed by atoms with Crippen LogP contribution in [0.5, 0.6) is 0 Å². The summed E-state index contributed by atoms with van der Waals surface area (Å²) in [6.07, 6.45) is 10.9. The Labute approximate surface area is 101 Å². The van der Waals surface area contributed by atoms with Crippen LogP contribution in [0.4, 0.5) is 0 Å². The van der Waals surface area contributed by atoms with Gasteiger partial charge in [0.25, 0.3) is 0 Å². The van der Waals surface area contributed by atoms with Crippen molar-refractivity contribution in [3.63, 3.8) is 0 Å². The zero-order chi connectivity index (χ0) is 9.83. The molecule has 0 aromatic rings. The fraction of sp³-hybridized carbons (Fsp3) is 1.00. The zero-order valence-electron chi connectivity index (χ0n) is 9.23. The molecule has 0 amide bonds. The second-order valence-corrected chi connectivity index (χ2v) is 8.90. The van der Waals surface area contributed by atoms with E-state index in [9.17, 15) is 0 Å². The van der Waals surface area contributed by atoms with Crippen LogP contribution in [0.15, 0.2) is 0 Å². The van der Waals surface area contributed by atoms with Gasteiger partial charge in [-0.1, -0.05) is 0 Å². The third-order valence-corrected chi connectivity index (χ3v) is 8.92. The molecule has 3 saturated heterocycles. The van der Waals surface area contributed by atoms with Crippen molar-refractivity contribution in [3.8, 4) is 0 Å². The summed E-state index contributed by atoms with van der Waals surface area (Å²) < 4.78 is 0. The van der Waals surface area contributed by atoms with Gasteiger partial charge in [0.05, 0.1) is 0 Å². The van der Waals surface area contributed by atoms with Crippen LogP contribution in [0.2, 0.25) is 0 Å². The molecule has 15 heavy (non-hydrogen) atoms. The van der Waals surface area contributed by atoms with Crippen molar-refractivity contribution in [2.24, 2.45) is 11.8 Å². The fourth-order valence-electron chi connectivity index (χ4n) is 4.31. The van der Waals surface area contributed by atoms with Crippen LogP contribution < -0.4 is 0 Å². The monoisotopic (exact) mass is 240 g/mol. The molecular weight excluding hydrogens is 220 g/mol. The standard InChI is InChI=1S/C13H20S2/c1-4-10-5-2-8(1)12(14-10)13-9-3-6-11(7-9)15-13/h8-13H,1-7H2. The molecule has 3 aliphatic heterocycles. The van der Waals surface area contributed by atoms with Crippen LogP contribution in [0, 0.1) is 11.8 Å². The molecule has 0 spiro atoms. The van der Waals surface area contributed by atoms with Gasteiger partial charge >= 0.3 is 0 Å². The summed E-state index contributed by atoms with van der Waals surface area (Å²) in [6.45, 7) is 0. The third-order valence-electron chi connectivity index (χ3n) is 5.10. The smallest absolute Gasteiger partial charge is 0.0200 e. The highest BCUT2D eigenvalue weighted by molar-refractivity contribution is 8.04. The summed E-state index contributed by atoms with van der Waals surface area (Å²) >= 11 is 4.78. The molecule has 0 aromatic heterocycles. The minimum absolute atomic E-state index is 1.06. The normalized spacial score (nSPS) is 57.6. The van der Waals surface area contributed by atoms with E-state index in [-0.39, 0.29) is 0 Å². The summed E-state index contributed by atoms with van der Waals surface area (Å²) in [6, 6.07) is 0. The maximum atomic E-state index is 2.40. The van der Waals surface area contributed by atoms with Crippen LogP contribution >= 0.6 is 23.5 Å². The molecule has 2 aliphatic carbocycles. The molecule has 5 aliphatic rings. The number of fused-ring (bicyclic) bond motifs is 5. The van der Waals surface area contributed by atoms with Gasteiger partial charge in [-0.25, -0.2) is 0 Å². The minimum atomic E-state index is 1.06. The summed E-state index contributed by atoms with van der Waals surface area (Å²) in [4.78, 5) is 0. The summed E-state index contributed by atoms with van der Waals surface area (Å²) in [5.74, 6) is 2.23. The Kier molecular flexibility index (Phi) is 2.33. The van der Waals surface area contributed by atoms with Gasteiger partial charge in [0, 0.05) is 21.0 Å². The third kappa shape index (κ3) is 1.50. The Balaban J connectivity index is 1.53. The molecule has 0 N–H and O–H groups in total. The molecule has 3 heterocycles. The van der Waals surface area contributed by atoms with Gasteiger partial charge < -0.3 is 0 Å². The SMILES string of the molecule is C1CC2CCC1SC2C1SC2CCC1C2. The quantitative estimate of drug-likeness (QED) is 0.681. The molecular formula is C13H20S2. The average Bonchev–Trinajstić information content (AvgIpc) is 2.92. The van der Waals surface area contributed by atoms with Crippen molar-refractivity contribution in [1.29, 1.82) is 0 Å². The lowest BCUT2D eigenvalue weighted by molar-refractivity contribution is 0.309. The van der Waals surface area contributed by atoms with E-state index in [1.807, 2.05) is 0 Å². The highest BCUT2D eigenvalue weighted by atomic mass is 32.2. The van der Waals surface area contributed by atoms with Crippen molar-refractivity contribution in [1.82, 2.24) is 0 Å². The first-order chi connectivity index (χ1) is 7.40. The summed E-state index contributed by atoms with van der Waals surface area (Å²) in [5, 5.41) is 4.26. The molecule has 0 aromatic carbocycles. The minimum Gasteiger partial charge on any atom is -0.154 e. The van der Waals surface area contributed by atoms with Crippen LogP contribution in [0.1, 0.15) is 44.9 Å². The number of hydrogen-bond acceptors (Lipinski definition) is 2. The second kappa shape index (κ2) is 3.60.